The van der Waals surface area contributed by atoms with E-state index in [1.807, 2.05) is 6.92 Å². The minimum absolute atomic E-state index is 0.0357. The summed E-state index contributed by atoms with van der Waals surface area (Å²) in [6.45, 7) is 3.30. The highest BCUT2D eigenvalue weighted by molar-refractivity contribution is 5.58. The molecular weight excluding hydrogens is 236 g/mol. The highest BCUT2D eigenvalue weighted by Gasteiger charge is 2.25. The normalized spacial score (nSPS) is 15.2. The van der Waals surface area contributed by atoms with Crippen molar-refractivity contribution < 1.29 is 14.4 Å². The van der Waals surface area contributed by atoms with Crippen molar-refractivity contribution in [2.24, 2.45) is 11.7 Å². The first-order valence-corrected chi connectivity index (χ1v) is 5.88. The minimum atomic E-state index is -0.440. The summed E-state index contributed by atoms with van der Waals surface area (Å²) in [5.41, 5.74) is 6.38. The van der Waals surface area contributed by atoms with Gasteiger partial charge in [-0.25, -0.2) is 0 Å². The smallest absolute Gasteiger partial charge is 0.315 e. The Hall–Kier alpha value is -1.82. The van der Waals surface area contributed by atoms with Gasteiger partial charge < -0.3 is 15.2 Å². The molecule has 1 aliphatic heterocycles. The summed E-state index contributed by atoms with van der Waals surface area (Å²) < 4.78 is 10.7. The third-order valence-corrected chi connectivity index (χ3v) is 2.87. The molecule has 0 saturated carbocycles. The molecule has 2 N–H and O–H groups in total. The van der Waals surface area contributed by atoms with Gasteiger partial charge in [0.15, 0.2) is 5.75 Å². The molecule has 0 aromatic heterocycles. The van der Waals surface area contributed by atoms with Crippen molar-refractivity contribution in [1.29, 1.82) is 0 Å². The van der Waals surface area contributed by atoms with Gasteiger partial charge in [0.25, 0.3) is 0 Å². The number of nitrogens with zero attached hydrogens (tertiary/aromatic N) is 1. The molecule has 6 nitrogen and oxygen atoms in total. The molecule has 1 heterocycles. The maximum atomic E-state index is 11.0. The van der Waals surface area contributed by atoms with E-state index in [0.717, 1.165) is 5.56 Å². The SMILES string of the molecule is CC(CN)Cc1cc2c(c([N+](=O)[O-])c1)OCCO2. The maximum absolute atomic E-state index is 11.0. The molecule has 0 fully saturated rings. The Morgan fingerprint density at radius 2 is 2.17 bits per heavy atom. The Morgan fingerprint density at radius 1 is 1.44 bits per heavy atom. The second-order valence-corrected chi connectivity index (χ2v) is 4.44. The molecule has 1 atom stereocenters. The summed E-state index contributed by atoms with van der Waals surface area (Å²) in [7, 11) is 0. The molecule has 1 aromatic carbocycles. The predicted molar refractivity (Wildman–Crippen MR) is 66.0 cm³/mol. The van der Waals surface area contributed by atoms with Crippen molar-refractivity contribution in [2.75, 3.05) is 19.8 Å². The van der Waals surface area contributed by atoms with Gasteiger partial charge in [0.2, 0.25) is 5.75 Å². The third kappa shape index (κ3) is 2.53. The van der Waals surface area contributed by atoms with Crippen molar-refractivity contribution in [3.8, 4) is 11.5 Å². The van der Waals surface area contributed by atoms with Gasteiger partial charge >= 0.3 is 5.69 Å². The molecule has 6 heteroatoms. The molecule has 1 unspecified atom stereocenters. The zero-order valence-electron chi connectivity index (χ0n) is 10.2. The van der Waals surface area contributed by atoms with Crippen LogP contribution in [0.25, 0.3) is 0 Å². The van der Waals surface area contributed by atoms with Gasteiger partial charge in [-0.1, -0.05) is 6.92 Å². The largest absolute Gasteiger partial charge is 0.486 e. The second-order valence-electron chi connectivity index (χ2n) is 4.44. The van der Waals surface area contributed by atoms with Crippen LogP contribution in [0.4, 0.5) is 5.69 Å². The number of nitro benzene ring substituents is 1. The van der Waals surface area contributed by atoms with Crippen molar-refractivity contribution >= 4 is 5.69 Å². The molecule has 1 aromatic rings. The first-order valence-electron chi connectivity index (χ1n) is 5.88. The Balaban J connectivity index is 2.38. The zero-order chi connectivity index (χ0) is 13.1. The van der Waals surface area contributed by atoms with Gasteiger partial charge in [0.1, 0.15) is 13.2 Å². The summed E-state index contributed by atoms with van der Waals surface area (Å²) in [6.07, 6.45) is 0.688. The summed E-state index contributed by atoms with van der Waals surface area (Å²) in [4.78, 5) is 10.6. The van der Waals surface area contributed by atoms with Gasteiger partial charge in [-0.15, -0.1) is 0 Å². The van der Waals surface area contributed by atoms with Crippen LogP contribution in [-0.2, 0) is 6.42 Å². The van der Waals surface area contributed by atoms with E-state index in [4.69, 9.17) is 15.2 Å². The minimum Gasteiger partial charge on any atom is -0.486 e. The topological polar surface area (TPSA) is 87.6 Å². The number of fused-ring (bicyclic) bond motifs is 1. The number of rotatable bonds is 4. The van der Waals surface area contributed by atoms with Crippen molar-refractivity contribution in [2.45, 2.75) is 13.3 Å². The molecule has 2 rings (SSSR count). The fraction of sp³-hybridized carbons (Fsp3) is 0.500. The van der Waals surface area contributed by atoms with Gasteiger partial charge in [-0.2, -0.15) is 0 Å². The number of benzene rings is 1. The highest BCUT2D eigenvalue weighted by Crippen LogP contribution is 2.40. The molecule has 1 aliphatic rings. The van der Waals surface area contributed by atoms with E-state index < -0.39 is 4.92 Å². The van der Waals surface area contributed by atoms with Crippen LogP contribution in [0, 0.1) is 16.0 Å². The first-order chi connectivity index (χ1) is 8.61. The van der Waals surface area contributed by atoms with Gasteiger partial charge in [-0.05, 0) is 30.5 Å². The van der Waals surface area contributed by atoms with Crippen LogP contribution in [0.5, 0.6) is 11.5 Å². The van der Waals surface area contributed by atoms with Crippen LogP contribution in [-0.4, -0.2) is 24.7 Å². The lowest BCUT2D eigenvalue weighted by Gasteiger charge is -2.19. The lowest BCUT2D eigenvalue weighted by Crippen LogP contribution is -2.17. The maximum Gasteiger partial charge on any atom is 0.315 e. The monoisotopic (exact) mass is 252 g/mol. The van der Waals surface area contributed by atoms with Crippen LogP contribution in [0.1, 0.15) is 12.5 Å². The molecule has 18 heavy (non-hydrogen) atoms. The summed E-state index contributed by atoms with van der Waals surface area (Å²) in [6, 6.07) is 3.34. The van der Waals surface area contributed by atoms with E-state index in [2.05, 4.69) is 0 Å². The number of ether oxygens (including phenoxy) is 2. The number of hydrogen-bond acceptors (Lipinski definition) is 5. The molecular formula is C12H16N2O4. The lowest BCUT2D eigenvalue weighted by atomic mass is 10.00. The van der Waals surface area contributed by atoms with Crippen molar-refractivity contribution in [3.63, 3.8) is 0 Å². The zero-order valence-corrected chi connectivity index (χ0v) is 10.2. The van der Waals surface area contributed by atoms with Crippen molar-refractivity contribution in [1.82, 2.24) is 0 Å². The van der Waals surface area contributed by atoms with Crippen LogP contribution in [0.2, 0.25) is 0 Å². The molecule has 0 amide bonds. The Morgan fingerprint density at radius 3 is 2.83 bits per heavy atom. The Labute approximate surface area is 105 Å². The van der Waals surface area contributed by atoms with Gasteiger partial charge in [0, 0.05) is 6.07 Å². The number of nitrogens with two attached hydrogens (primary N) is 1. The molecule has 0 radical (unpaired) electrons. The molecule has 98 valence electrons. The molecule has 0 aliphatic carbocycles. The van der Waals surface area contributed by atoms with E-state index in [0.29, 0.717) is 31.9 Å². The molecule has 0 spiro atoms. The highest BCUT2D eigenvalue weighted by atomic mass is 16.6. The number of nitro groups is 1. The lowest BCUT2D eigenvalue weighted by molar-refractivity contribution is -0.386. The Bertz CT molecular complexity index is 462. The van der Waals surface area contributed by atoms with E-state index >= 15 is 0 Å². The van der Waals surface area contributed by atoms with E-state index in [-0.39, 0.29) is 17.4 Å². The summed E-state index contributed by atoms with van der Waals surface area (Å²) in [5.74, 6) is 0.956. The molecule has 0 bridgehead atoms. The first kappa shape index (κ1) is 12.6. The fourth-order valence-corrected chi connectivity index (χ4v) is 1.93. The van der Waals surface area contributed by atoms with Crippen LogP contribution in [0.3, 0.4) is 0 Å². The van der Waals surface area contributed by atoms with E-state index in [1.54, 1.807) is 12.1 Å². The Kier molecular flexibility index (Phi) is 3.66. The van der Waals surface area contributed by atoms with Gasteiger partial charge in [0.05, 0.1) is 4.92 Å². The van der Waals surface area contributed by atoms with E-state index in [9.17, 15) is 10.1 Å². The fourth-order valence-electron chi connectivity index (χ4n) is 1.93. The molecule has 0 saturated heterocycles. The van der Waals surface area contributed by atoms with E-state index in [1.165, 1.54) is 0 Å². The van der Waals surface area contributed by atoms with Crippen LogP contribution in [0.15, 0.2) is 12.1 Å². The number of hydrogen-bond donors (Lipinski definition) is 1. The average molecular weight is 252 g/mol. The quantitative estimate of drug-likeness (QED) is 0.648. The second kappa shape index (κ2) is 5.22. The predicted octanol–water partition coefficient (Wildman–Crippen LogP) is 1.50. The summed E-state index contributed by atoms with van der Waals surface area (Å²) >= 11 is 0. The van der Waals surface area contributed by atoms with Crippen LogP contribution >= 0.6 is 0 Å². The third-order valence-electron chi connectivity index (χ3n) is 2.87. The van der Waals surface area contributed by atoms with Crippen molar-refractivity contribution in [3.05, 3.63) is 27.8 Å². The van der Waals surface area contributed by atoms with Crippen LogP contribution < -0.4 is 15.2 Å². The standard InChI is InChI=1S/C12H16N2O4/c1-8(7-13)4-9-5-10(14(15)16)12-11(6-9)17-2-3-18-12/h5-6,8H,2-4,7,13H2,1H3. The summed E-state index contributed by atoms with van der Waals surface area (Å²) in [5, 5.41) is 11.0. The average Bonchev–Trinajstić information content (AvgIpc) is 2.37. The van der Waals surface area contributed by atoms with Gasteiger partial charge in [-0.3, -0.25) is 10.1 Å².